The molecule has 0 saturated heterocycles. The van der Waals surface area contributed by atoms with Gasteiger partial charge in [0, 0.05) is 30.5 Å². The molecule has 4 aromatic rings. The van der Waals surface area contributed by atoms with Gasteiger partial charge in [0.15, 0.2) is 0 Å². The van der Waals surface area contributed by atoms with Crippen molar-refractivity contribution in [1.29, 1.82) is 0 Å². The van der Waals surface area contributed by atoms with Crippen molar-refractivity contribution in [1.82, 2.24) is 9.13 Å². The number of benzene rings is 3. The van der Waals surface area contributed by atoms with Crippen LogP contribution in [-0.4, -0.2) is 30.0 Å². The summed E-state index contributed by atoms with van der Waals surface area (Å²) in [5.41, 5.74) is -0.406. The number of rotatable bonds is 10. The molecular weight excluding hydrogens is 577 g/mol. The van der Waals surface area contributed by atoms with Gasteiger partial charge < -0.3 is 4.43 Å². The largest absolute Gasteiger partial charge is 0.407 e. The fourth-order valence-electron chi connectivity index (χ4n) is 7.42. The van der Waals surface area contributed by atoms with E-state index in [0.717, 1.165) is 30.3 Å². The highest BCUT2D eigenvalue weighted by atomic mass is 28.4. The SMILES string of the molecule is Cc1cn(CC2CCCC2[C@@H](C)CCO[Si](c2ccccc2)(c2ccccc2)C(C)(C)C)c(=O)n(C(=O)c2ccccc2)c1=O. The Bertz CT molecular complexity index is 1670. The maximum Gasteiger partial charge on any atom is 0.338 e. The highest BCUT2D eigenvalue weighted by Crippen LogP contribution is 2.40. The molecule has 0 radical (unpaired) electrons. The lowest BCUT2D eigenvalue weighted by atomic mass is 9.83. The summed E-state index contributed by atoms with van der Waals surface area (Å²) < 4.78 is 9.58. The first kappa shape index (κ1) is 32.6. The maximum atomic E-state index is 13.6. The van der Waals surface area contributed by atoms with Gasteiger partial charge in [0.1, 0.15) is 0 Å². The number of nitrogens with zero attached hydrogens (tertiary/aromatic N) is 2. The molecule has 1 aromatic heterocycles. The molecule has 1 aliphatic rings. The number of carbonyl (C=O) groups is 1. The molecule has 0 aliphatic heterocycles. The van der Waals surface area contributed by atoms with E-state index in [1.807, 2.05) is 0 Å². The molecule has 0 N–H and O–H groups in total. The van der Waals surface area contributed by atoms with E-state index in [0.29, 0.717) is 36.1 Å². The zero-order chi connectivity index (χ0) is 32.2. The Kier molecular flexibility index (Phi) is 9.90. The number of carbonyl (C=O) groups excluding carboxylic acids is 1. The van der Waals surface area contributed by atoms with Gasteiger partial charge in [-0.25, -0.2) is 4.79 Å². The normalized spacial score (nSPS) is 17.7. The molecule has 236 valence electrons. The molecule has 1 fully saturated rings. The van der Waals surface area contributed by atoms with Crippen LogP contribution in [0.3, 0.4) is 0 Å². The maximum absolute atomic E-state index is 13.6. The first-order valence-corrected chi connectivity index (χ1v) is 18.1. The van der Waals surface area contributed by atoms with Crippen LogP contribution in [0.1, 0.15) is 69.3 Å². The first-order chi connectivity index (χ1) is 21.5. The average Bonchev–Trinajstić information content (AvgIpc) is 3.51. The van der Waals surface area contributed by atoms with Crippen molar-refractivity contribution in [2.75, 3.05) is 6.61 Å². The third-order valence-corrected chi connectivity index (χ3v) is 14.8. The van der Waals surface area contributed by atoms with Crippen LogP contribution in [0.4, 0.5) is 0 Å². The summed E-state index contributed by atoms with van der Waals surface area (Å²) in [6.07, 6.45) is 5.77. The van der Waals surface area contributed by atoms with Gasteiger partial charge in [0.2, 0.25) is 0 Å². The highest BCUT2D eigenvalue weighted by molar-refractivity contribution is 6.99. The molecule has 45 heavy (non-hydrogen) atoms. The highest BCUT2D eigenvalue weighted by Gasteiger charge is 2.50. The van der Waals surface area contributed by atoms with Crippen LogP contribution < -0.4 is 21.6 Å². The molecule has 1 saturated carbocycles. The van der Waals surface area contributed by atoms with Gasteiger partial charge in [0.25, 0.3) is 19.8 Å². The lowest BCUT2D eigenvalue weighted by Crippen LogP contribution is -2.66. The van der Waals surface area contributed by atoms with Crippen LogP contribution in [0, 0.1) is 24.7 Å². The standard InChI is InChI=1S/C38H46N2O4Si/c1-28(24-25-44-45(38(3,4)5,32-19-11-7-12-20-32)33-21-13-8-14-22-33)34-23-15-18-31(34)27-39-26-29(2)35(41)40(37(39)43)36(42)30-16-9-6-10-17-30/h6-14,16-17,19-22,26,28,31,34H,15,18,23-25,27H2,1-5H3/t28-,31?,34?/m0/s1. The van der Waals surface area contributed by atoms with Crippen molar-refractivity contribution < 1.29 is 9.22 Å². The second-order valence-electron chi connectivity index (χ2n) is 13.7. The van der Waals surface area contributed by atoms with Crippen molar-refractivity contribution in [3.63, 3.8) is 0 Å². The summed E-state index contributed by atoms with van der Waals surface area (Å²) in [6.45, 7) is 12.0. The molecule has 7 heteroatoms. The summed E-state index contributed by atoms with van der Waals surface area (Å²) in [5.74, 6) is 0.511. The van der Waals surface area contributed by atoms with Gasteiger partial charge in [-0.3, -0.25) is 14.2 Å². The second-order valence-corrected chi connectivity index (χ2v) is 18.0. The van der Waals surface area contributed by atoms with E-state index in [9.17, 15) is 14.4 Å². The molecule has 2 unspecified atom stereocenters. The molecular formula is C38H46N2O4Si. The Morgan fingerprint density at radius 1 is 0.889 bits per heavy atom. The molecule has 0 bridgehead atoms. The first-order valence-electron chi connectivity index (χ1n) is 16.2. The lowest BCUT2D eigenvalue weighted by molar-refractivity contribution is 0.0946. The Morgan fingerprint density at radius 3 is 2.00 bits per heavy atom. The predicted octanol–water partition coefficient (Wildman–Crippen LogP) is 6.03. The van der Waals surface area contributed by atoms with Crippen molar-refractivity contribution in [2.24, 2.45) is 17.8 Å². The zero-order valence-corrected chi connectivity index (χ0v) is 28.2. The molecule has 3 aromatic carbocycles. The van der Waals surface area contributed by atoms with Crippen LogP contribution >= 0.6 is 0 Å². The fraction of sp³-hybridized carbons (Fsp3) is 0.395. The van der Waals surface area contributed by atoms with E-state index in [1.54, 1.807) is 48.0 Å². The van der Waals surface area contributed by atoms with Gasteiger partial charge in [-0.2, -0.15) is 4.57 Å². The summed E-state index contributed by atoms with van der Waals surface area (Å²) >= 11 is 0. The molecule has 0 spiro atoms. The number of hydrogen-bond acceptors (Lipinski definition) is 4. The third-order valence-electron chi connectivity index (χ3n) is 9.74. The van der Waals surface area contributed by atoms with E-state index < -0.39 is 25.5 Å². The quantitative estimate of drug-likeness (QED) is 0.203. The second kappa shape index (κ2) is 13.7. The van der Waals surface area contributed by atoms with Crippen LogP contribution in [0.2, 0.25) is 5.04 Å². The van der Waals surface area contributed by atoms with E-state index >= 15 is 0 Å². The Hall–Kier alpha value is -3.81. The van der Waals surface area contributed by atoms with E-state index in [2.05, 4.69) is 88.4 Å². The Morgan fingerprint density at radius 2 is 1.44 bits per heavy atom. The minimum Gasteiger partial charge on any atom is -0.407 e. The minimum absolute atomic E-state index is 0.0752. The fourth-order valence-corrected chi connectivity index (χ4v) is 12.0. The summed E-state index contributed by atoms with van der Waals surface area (Å²) in [7, 11) is -2.61. The molecule has 3 atom stereocenters. The Balaban J connectivity index is 1.35. The van der Waals surface area contributed by atoms with Crippen LogP contribution in [0.5, 0.6) is 0 Å². The molecule has 0 amide bonds. The molecule has 1 heterocycles. The third kappa shape index (κ3) is 6.61. The van der Waals surface area contributed by atoms with Crippen LogP contribution in [0.15, 0.2) is 107 Å². The monoisotopic (exact) mass is 622 g/mol. The van der Waals surface area contributed by atoms with Crippen molar-refractivity contribution >= 4 is 24.6 Å². The van der Waals surface area contributed by atoms with E-state index in [-0.39, 0.29) is 11.0 Å². The van der Waals surface area contributed by atoms with Gasteiger partial charge in [-0.15, -0.1) is 0 Å². The zero-order valence-electron chi connectivity index (χ0n) is 27.2. The van der Waals surface area contributed by atoms with Crippen molar-refractivity contribution in [2.45, 2.75) is 71.9 Å². The van der Waals surface area contributed by atoms with Crippen LogP contribution in [-0.2, 0) is 11.0 Å². The van der Waals surface area contributed by atoms with Crippen LogP contribution in [0.25, 0.3) is 0 Å². The summed E-state index contributed by atoms with van der Waals surface area (Å²) in [4.78, 5) is 39.7. The van der Waals surface area contributed by atoms with E-state index in [4.69, 9.17) is 4.43 Å². The number of aryl methyl sites for hydroxylation is 1. The van der Waals surface area contributed by atoms with Gasteiger partial charge >= 0.3 is 5.69 Å². The van der Waals surface area contributed by atoms with Crippen molar-refractivity contribution in [3.05, 3.63) is 129 Å². The molecule has 6 nitrogen and oxygen atoms in total. The van der Waals surface area contributed by atoms with Crippen molar-refractivity contribution in [3.8, 4) is 0 Å². The smallest absolute Gasteiger partial charge is 0.338 e. The van der Waals surface area contributed by atoms with Gasteiger partial charge in [0.05, 0.1) is 0 Å². The molecule has 1 aliphatic carbocycles. The van der Waals surface area contributed by atoms with Gasteiger partial charge in [-0.1, -0.05) is 113 Å². The lowest BCUT2D eigenvalue weighted by Gasteiger charge is -2.43. The Labute approximate surface area is 267 Å². The molecule has 5 rings (SSSR count). The summed E-state index contributed by atoms with van der Waals surface area (Å²) in [5, 5.41) is 2.49. The number of hydrogen-bond donors (Lipinski definition) is 0. The van der Waals surface area contributed by atoms with E-state index in [1.165, 1.54) is 10.4 Å². The number of aromatic nitrogens is 2. The predicted molar refractivity (Wildman–Crippen MR) is 184 cm³/mol. The topological polar surface area (TPSA) is 70.3 Å². The van der Waals surface area contributed by atoms with Gasteiger partial charge in [-0.05, 0) is 71.5 Å². The average molecular weight is 623 g/mol. The minimum atomic E-state index is -2.61. The summed E-state index contributed by atoms with van der Waals surface area (Å²) in [6, 6.07) is 30.0.